The van der Waals surface area contributed by atoms with Crippen LogP contribution in [0.1, 0.15) is 42.3 Å². The normalized spacial score (nSPS) is 18.9. The van der Waals surface area contributed by atoms with Gasteiger partial charge in [0.15, 0.2) is 17.1 Å². The summed E-state index contributed by atoms with van der Waals surface area (Å²) in [4.78, 5) is 36.7. The molecule has 1 saturated heterocycles. The Labute approximate surface area is 173 Å². The van der Waals surface area contributed by atoms with Crippen LogP contribution in [0.15, 0.2) is 52.9 Å². The largest absolute Gasteiger partial charge is 0.493 e. The van der Waals surface area contributed by atoms with Gasteiger partial charge in [-0.1, -0.05) is 31.2 Å². The Morgan fingerprint density at radius 3 is 2.63 bits per heavy atom. The lowest BCUT2D eigenvalue weighted by molar-refractivity contribution is -0.138. The van der Waals surface area contributed by atoms with Crippen molar-refractivity contribution in [2.45, 2.75) is 31.6 Å². The molecule has 3 amide bonds. The first kappa shape index (κ1) is 19.7. The molecule has 0 spiro atoms. The summed E-state index contributed by atoms with van der Waals surface area (Å²) >= 11 is 0. The number of amides is 3. The number of para-hydroxylation sites is 1. The maximum atomic E-state index is 12.6. The van der Waals surface area contributed by atoms with Crippen molar-refractivity contribution >= 4 is 34.4 Å². The molecule has 2 aromatic carbocycles. The molecule has 0 unspecified atom stereocenters. The zero-order valence-electron chi connectivity index (χ0n) is 16.8. The molecule has 154 valence electrons. The van der Waals surface area contributed by atoms with E-state index in [2.05, 4.69) is 10.6 Å². The van der Waals surface area contributed by atoms with Gasteiger partial charge in [0.05, 0.1) is 12.5 Å². The van der Waals surface area contributed by atoms with Crippen LogP contribution in [0.4, 0.5) is 5.69 Å². The lowest BCUT2D eigenvalue weighted by Gasteiger charge is -2.35. The molecule has 3 aromatic rings. The first-order chi connectivity index (χ1) is 14.5. The van der Waals surface area contributed by atoms with E-state index in [4.69, 9.17) is 9.15 Å². The highest BCUT2D eigenvalue weighted by atomic mass is 16.5. The molecule has 7 nitrogen and oxygen atoms in total. The summed E-state index contributed by atoms with van der Waals surface area (Å²) in [5.41, 5.74) is 1.19. The molecular formula is C23H22N2O5. The molecule has 2 heterocycles. The van der Waals surface area contributed by atoms with Crippen molar-refractivity contribution in [3.8, 4) is 5.75 Å². The van der Waals surface area contributed by atoms with E-state index in [9.17, 15) is 14.4 Å². The number of carbonyl (C=O) groups is 3. The molecule has 1 aliphatic rings. The number of furan rings is 1. The number of methoxy groups -OCH3 is 1. The Balaban J connectivity index is 1.54. The molecule has 0 bridgehead atoms. The van der Waals surface area contributed by atoms with E-state index >= 15 is 0 Å². The Bertz CT molecular complexity index is 1130. The molecule has 1 fully saturated rings. The molecule has 1 aliphatic heterocycles. The van der Waals surface area contributed by atoms with Crippen LogP contribution in [0.5, 0.6) is 5.75 Å². The van der Waals surface area contributed by atoms with Crippen molar-refractivity contribution in [3.63, 3.8) is 0 Å². The van der Waals surface area contributed by atoms with E-state index in [1.807, 2.05) is 31.2 Å². The van der Waals surface area contributed by atoms with Gasteiger partial charge in [0, 0.05) is 17.5 Å². The van der Waals surface area contributed by atoms with Crippen molar-refractivity contribution in [2.24, 2.45) is 0 Å². The van der Waals surface area contributed by atoms with Gasteiger partial charge < -0.3 is 14.5 Å². The van der Waals surface area contributed by atoms with Crippen LogP contribution < -0.4 is 15.4 Å². The fourth-order valence-corrected chi connectivity index (χ4v) is 3.94. The molecule has 2 N–H and O–H groups in total. The quantitative estimate of drug-likeness (QED) is 0.629. The van der Waals surface area contributed by atoms with Crippen LogP contribution in [-0.2, 0) is 15.0 Å². The van der Waals surface area contributed by atoms with Gasteiger partial charge in [0.1, 0.15) is 0 Å². The van der Waals surface area contributed by atoms with Gasteiger partial charge >= 0.3 is 0 Å². The van der Waals surface area contributed by atoms with Crippen LogP contribution in [0.25, 0.3) is 11.0 Å². The van der Waals surface area contributed by atoms with E-state index in [1.54, 1.807) is 31.4 Å². The molecule has 0 aliphatic carbocycles. The third kappa shape index (κ3) is 3.32. The van der Waals surface area contributed by atoms with Gasteiger partial charge in [-0.3, -0.25) is 19.7 Å². The van der Waals surface area contributed by atoms with E-state index in [0.717, 1.165) is 10.9 Å². The first-order valence-electron chi connectivity index (χ1n) is 9.79. The summed E-state index contributed by atoms with van der Waals surface area (Å²) in [6.45, 7) is 1.93. The third-order valence-electron chi connectivity index (χ3n) is 5.72. The lowest BCUT2D eigenvalue weighted by Crippen LogP contribution is -2.51. The van der Waals surface area contributed by atoms with Crippen molar-refractivity contribution in [1.29, 1.82) is 0 Å². The molecule has 4 rings (SSSR count). The number of fused-ring (bicyclic) bond motifs is 1. The van der Waals surface area contributed by atoms with Crippen molar-refractivity contribution in [2.75, 3.05) is 12.4 Å². The van der Waals surface area contributed by atoms with E-state index in [-0.39, 0.29) is 23.5 Å². The van der Waals surface area contributed by atoms with Crippen LogP contribution in [0.3, 0.4) is 0 Å². The van der Waals surface area contributed by atoms with E-state index in [0.29, 0.717) is 36.3 Å². The molecule has 1 aromatic heterocycles. The fourth-order valence-electron chi connectivity index (χ4n) is 3.94. The van der Waals surface area contributed by atoms with E-state index in [1.165, 1.54) is 0 Å². The zero-order chi connectivity index (χ0) is 21.3. The van der Waals surface area contributed by atoms with Crippen LogP contribution >= 0.6 is 0 Å². The average molecular weight is 406 g/mol. The molecule has 0 radical (unpaired) electrons. The Hall–Kier alpha value is -3.61. The number of benzene rings is 2. The topological polar surface area (TPSA) is 97.6 Å². The summed E-state index contributed by atoms with van der Waals surface area (Å²) < 4.78 is 10.9. The van der Waals surface area contributed by atoms with Gasteiger partial charge in [-0.2, -0.15) is 0 Å². The SMILES string of the molecule is CC[C@]1(c2ccc(NC(=O)c3cc4cccc(OC)c4o3)cc2)CCC(=O)NC1=O. The number of anilines is 1. The number of carbonyl (C=O) groups excluding carboxylic acids is 3. The number of rotatable bonds is 5. The highest BCUT2D eigenvalue weighted by molar-refractivity contribution is 6.05. The van der Waals surface area contributed by atoms with E-state index < -0.39 is 5.41 Å². The fraction of sp³-hybridized carbons (Fsp3) is 0.261. The maximum Gasteiger partial charge on any atom is 0.291 e. The van der Waals surface area contributed by atoms with Crippen molar-refractivity contribution in [3.05, 3.63) is 59.9 Å². The number of piperidine rings is 1. The number of hydrogen-bond acceptors (Lipinski definition) is 5. The third-order valence-corrected chi connectivity index (χ3v) is 5.72. The van der Waals surface area contributed by atoms with Gasteiger partial charge in [0.2, 0.25) is 11.8 Å². The highest BCUT2D eigenvalue weighted by Gasteiger charge is 2.42. The predicted octanol–water partition coefficient (Wildman–Crippen LogP) is 3.78. The molecule has 1 atom stereocenters. The number of nitrogens with one attached hydrogen (secondary N) is 2. The Morgan fingerprint density at radius 1 is 1.20 bits per heavy atom. The number of imide groups is 1. The second kappa shape index (κ2) is 7.67. The number of hydrogen-bond donors (Lipinski definition) is 2. The second-order valence-corrected chi connectivity index (χ2v) is 7.33. The van der Waals surface area contributed by atoms with Crippen LogP contribution in [0, 0.1) is 0 Å². The monoisotopic (exact) mass is 406 g/mol. The summed E-state index contributed by atoms with van der Waals surface area (Å²) in [5, 5.41) is 6.02. The Morgan fingerprint density at radius 2 is 1.97 bits per heavy atom. The summed E-state index contributed by atoms with van der Waals surface area (Å²) in [6.07, 6.45) is 1.37. The minimum absolute atomic E-state index is 0.175. The van der Waals surface area contributed by atoms with Gasteiger partial charge in [-0.25, -0.2) is 0 Å². The molecular weight excluding hydrogens is 384 g/mol. The van der Waals surface area contributed by atoms with Gasteiger partial charge in [-0.15, -0.1) is 0 Å². The first-order valence-corrected chi connectivity index (χ1v) is 9.79. The molecule has 0 saturated carbocycles. The minimum Gasteiger partial charge on any atom is -0.493 e. The maximum absolute atomic E-state index is 12.6. The summed E-state index contributed by atoms with van der Waals surface area (Å²) in [5.74, 6) is -0.157. The summed E-state index contributed by atoms with van der Waals surface area (Å²) in [7, 11) is 1.55. The highest BCUT2D eigenvalue weighted by Crippen LogP contribution is 2.36. The van der Waals surface area contributed by atoms with Crippen molar-refractivity contribution in [1.82, 2.24) is 5.32 Å². The minimum atomic E-state index is -0.730. The van der Waals surface area contributed by atoms with Crippen molar-refractivity contribution < 1.29 is 23.5 Å². The standard InChI is InChI=1S/C23H22N2O5/c1-3-23(12-11-19(26)25-22(23)28)15-7-9-16(10-8-15)24-21(27)18-13-14-5-4-6-17(29-2)20(14)30-18/h4-10,13H,3,11-12H2,1-2H3,(H,24,27)(H,25,26,28)/t23-/m1/s1. The Kier molecular flexibility index (Phi) is 5.03. The average Bonchev–Trinajstić information content (AvgIpc) is 3.20. The van der Waals surface area contributed by atoms with Gasteiger partial charge in [0.25, 0.3) is 5.91 Å². The number of ether oxygens (including phenoxy) is 1. The van der Waals surface area contributed by atoms with Gasteiger partial charge in [-0.05, 0) is 42.7 Å². The zero-order valence-corrected chi connectivity index (χ0v) is 16.8. The molecule has 30 heavy (non-hydrogen) atoms. The van der Waals surface area contributed by atoms with Crippen LogP contribution in [-0.4, -0.2) is 24.8 Å². The smallest absolute Gasteiger partial charge is 0.291 e. The lowest BCUT2D eigenvalue weighted by atomic mass is 9.72. The summed E-state index contributed by atoms with van der Waals surface area (Å²) in [6, 6.07) is 14.2. The second-order valence-electron chi connectivity index (χ2n) is 7.33. The van der Waals surface area contributed by atoms with Crippen LogP contribution in [0.2, 0.25) is 0 Å². The predicted molar refractivity (Wildman–Crippen MR) is 112 cm³/mol. The molecule has 7 heteroatoms.